The molecule has 5 nitrogen and oxygen atoms in total. The Labute approximate surface area is 161 Å². The molecule has 136 valence electrons. The average Bonchev–Trinajstić information content (AvgIpc) is 3.41. The maximum atomic E-state index is 13.0. The van der Waals surface area contributed by atoms with Crippen LogP contribution in [0.25, 0.3) is 0 Å². The summed E-state index contributed by atoms with van der Waals surface area (Å²) in [5.74, 6) is 1.35. The zero-order valence-electron chi connectivity index (χ0n) is 14.5. The Morgan fingerprint density at radius 1 is 1.12 bits per heavy atom. The number of hydrogen-bond donors (Lipinski definition) is 0. The van der Waals surface area contributed by atoms with E-state index < -0.39 is 0 Å². The van der Waals surface area contributed by atoms with Crippen molar-refractivity contribution in [1.29, 1.82) is 0 Å². The first kappa shape index (κ1) is 17.5. The fraction of sp³-hybridized carbons (Fsp3) is 0.421. The van der Waals surface area contributed by atoms with E-state index in [-0.39, 0.29) is 17.7 Å². The van der Waals surface area contributed by atoms with Gasteiger partial charge in [-0.15, -0.1) is 23.1 Å². The lowest BCUT2D eigenvalue weighted by Gasteiger charge is -2.35. The lowest BCUT2D eigenvalue weighted by Crippen LogP contribution is -2.51. The maximum absolute atomic E-state index is 13.0. The Hall–Kier alpha value is -1.86. The second kappa shape index (κ2) is 7.80. The molecule has 0 N–H and O–H groups in total. The van der Waals surface area contributed by atoms with Gasteiger partial charge >= 0.3 is 0 Å². The minimum absolute atomic E-state index is 0.0601. The van der Waals surface area contributed by atoms with Gasteiger partial charge in [-0.05, 0) is 25.0 Å². The summed E-state index contributed by atoms with van der Waals surface area (Å²) in [4.78, 5) is 34.3. The van der Waals surface area contributed by atoms with Crippen LogP contribution < -0.4 is 0 Å². The predicted molar refractivity (Wildman–Crippen MR) is 103 cm³/mol. The molecule has 1 aromatic heterocycles. The van der Waals surface area contributed by atoms with Gasteiger partial charge in [0.2, 0.25) is 5.91 Å². The highest BCUT2D eigenvalue weighted by Gasteiger charge is 2.35. The van der Waals surface area contributed by atoms with Crippen LogP contribution in [-0.4, -0.2) is 52.8 Å². The van der Waals surface area contributed by atoms with Crippen molar-refractivity contribution in [3.05, 3.63) is 46.4 Å². The van der Waals surface area contributed by atoms with Crippen LogP contribution in [0.5, 0.6) is 0 Å². The molecule has 1 aliphatic heterocycles. The molecule has 4 rings (SSSR count). The summed E-state index contributed by atoms with van der Waals surface area (Å²) in [6, 6.07) is 7.77. The van der Waals surface area contributed by atoms with Gasteiger partial charge in [0.05, 0.1) is 16.8 Å². The number of carbonyl (C=O) groups is 2. The molecule has 2 fully saturated rings. The van der Waals surface area contributed by atoms with Crippen LogP contribution in [0, 0.1) is 5.92 Å². The first-order valence-corrected chi connectivity index (χ1v) is 10.8. The number of thiazole rings is 1. The second-order valence-electron chi connectivity index (χ2n) is 6.66. The van der Waals surface area contributed by atoms with Crippen molar-refractivity contribution in [3.8, 4) is 0 Å². The van der Waals surface area contributed by atoms with Gasteiger partial charge < -0.3 is 9.80 Å². The quantitative estimate of drug-likeness (QED) is 0.740. The van der Waals surface area contributed by atoms with Gasteiger partial charge in [-0.3, -0.25) is 9.59 Å². The van der Waals surface area contributed by atoms with Crippen LogP contribution in [0.4, 0.5) is 0 Å². The van der Waals surface area contributed by atoms with E-state index in [0.717, 1.165) is 34.7 Å². The zero-order valence-corrected chi connectivity index (χ0v) is 16.1. The number of rotatable bonds is 5. The van der Waals surface area contributed by atoms with Gasteiger partial charge in [-0.2, -0.15) is 0 Å². The first-order valence-electron chi connectivity index (χ1n) is 8.89. The third-order valence-corrected chi connectivity index (χ3v) is 6.52. The predicted octanol–water partition coefficient (Wildman–Crippen LogP) is 3.13. The lowest BCUT2D eigenvalue weighted by atomic mass is 10.1. The molecule has 0 radical (unpaired) electrons. The molecule has 26 heavy (non-hydrogen) atoms. The summed E-state index contributed by atoms with van der Waals surface area (Å²) in [6.07, 6.45) is 2.06. The molecule has 0 atom stereocenters. The van der Waals surface area contributed by atoms with Crippen LogP contribution in [0.15, 0.2) is 40.1 Å². The summed E-state index contributed by atoms with van der Waals surface area (Å²) in [5.41, 5.74) is 3.61. The highest BCUT2D eigenvalue weighted by atomic mass is 32.2. The van der Waals surface area contributed by atoms with Gasteiger partial charge in [-0.1, -0.05) is 12.1 Å². The van der Waals surface area contributed by atoms with Crippen molar-refractivity contribution in [2.24, 2.45) is 5.92 Å². The topological polar surface area (TPSA) is 53.5 Å². The Morgan fingerprint density at radius 3 is 2.54 bits per heavy atom. The molecule has 2 amide bonds. The van der Waals surface area contributed by atoms with Crippen LogP contribution in [0.1, 0.15) is 28.9 Å². The molecule has 1 saturated carbocycles. The Morgan fingerprint density at radius 2 is 1.85 bits per heavy atom. The monoisotopic (exact) mass is 387 g/mol. The number of aromatic nitrogens is 1. The van der Waals surface area contributed by atoms with Gasteiger partial charge in [0.15, 0.2) is 0 Å². The highest BCUT2D eigenvalue weighted by molar-refractivity contribution is 7.98. The summed E-state index contributed by atoms with van der Waals surface area (Å²) in [5, 5.41) is 2.04. The molecular weight excluding hydrogens is 366 g/mol. The second-order valence-corrected chi connectivity index (χ2v) is 8.39. The molecule has 2 heterocycles. The standard InChI is InChI=1S/C19H21N3O2S2/c23-18(14-5-6-14)21-7-9-22(10-8-21)19(24)16-3-1-2-4-17(16)26-12-15-11-25-13-20-15/h1-4,11,13-14H,5-10,12H2. The smallest absolute Gasteiger partial charge is 0.255 e. The van der Waals surface area contributed by atoms with Crippen LogP contribution in [-0.2, 0) is 10.5 Å². The number of piperazine rings is 1. The average molecular weight is 388 g/mol. The molecule has 0 unspecified atom stereocenters. The summed E-state index contributed by atoms with van der Waals surface area (Å²) in [7, 11) is 0. The van der Waals surface area contributed by atoms with Gasteiger partial charge in [0, 0.05) is 48.1 Å². The van der Waals surface area contributed by atoms with E-state index >= 15 is 0 Å². The molecular formula is C19H21N3O2S2. The van der Waals surface area contributed by atoms with Crippen molar-refractivity contribution in [2.45, 2.75) is 23.5 Å². The fourth-order valence-corrected chi connectivity index (χ4v) is 4.73. The van der Waals surface area contributed by atoms with Crippen molar-refractivity contribution in [1.82, 2.24) is 14.8 Å². The first-order chi connectivity index (χ1) is 12.7. The third-order valence-electron chi connectivity index (χ3n) is 4.78. The Kier molecular flexibility index (Phi) is 5.26. The van der Waals surface area contributed by atoms with E-state index in [0.29, 0.717) is 26.2 Å². The number of carbonyl (C=O) groups excluding carboxylic acids is 2. The third kappa shape index (κ3) is 3.94. The maximum Gasteiger partial charge on any atom is 0.255 e. The van der Waals surface area contributed by atoms with Crippen molar-refractivity contribution >= 4 is 34.9 Å². The molecule has 1 aromatic carbocycles. The molecule has 1 aliphatic carbocycles. The van der Waals surface area contributed by atoms with Crippen LogP contribution >= 0.6 is 23.1 Å². The molecule has 2 aliphatic rings. The minimum Gasteiger partial charge on any atom is -0.339 e. The van der Waals surface area contributed by atoms with E-state index in [9.17, 15) is 9.59 Å². The largest absolute Gasteiger partial charge is 0.339 e. The number of benzene rings is 1. The number of amides is 2. The lowest BCUT2D eigenvalue weighted by molar-refractivity contribution is -0.134. The van der Waals surface area contributed by atoms with E-state index in [4.69, 9.17) is 0 Å². The van der Waals surface area contributed by atoms with Gasteiger partial charge in [-0.25, -0.2) is 4.98 Å². The highest BCUT2D eigenvalue weighted by Crippen LogP contribution is 2.31. The van der Waals surface area contributed by atoms with E-state index in [1.54, 1.807) is 23.1 Å². The molecule has 7 heteroatoms. The SMILES string of the molecule is O=C(c1ccccc1SCc1cscn1)N1CCN(C(=O)C2CC2)CC1. The van der Waals surface area contributed by atoms with Crippen molar-refractivity contribution in [2.75, 3.05) is 26.2 Å². The van der Waals surface area contributed by atoms with E-state index in [1.165, 1.54) is 0 Å². The zero-order chi connectivity index (χ0) is 17.9. The van der Waals surface area contributed by atoms with Gasteiger partial charge in [0.1, 0.15) is 0 Å². The van der Waals surface area contributed by atoms with Crippen LogP contribution in [0.3, 0.4) is 0 Å². The van der Waals surface area contributed by atoms with E-state index in [1.807, 2.05) is 45.0 Å². The van der Waals surface area contributed by atoms with E-state index in [2.05, 4.69) is 4.98 Å². The molecule has 0 spiro atoms. The van der Waals surface area contributed by atoms with Gasteiger partial charge in [0.25, 0.3) is 5.91 Å². The molecule has 2 aromatic rings. The normalized spacial score (nSPS) is 17.4. The van der Waals surface area contributed by atoms with Crippen molar-refractivity contribution < 1.29 is 9.59 Å². The molecule has 1 saturated heterocycles. The summed E-state index contributed by atoms with van der Waals surface area (Å²) in [6.45, 7) is 2.52. The Balaban J connectivity index is 1.39. The summed E-state index contributed by atoms with van der Waals surface area (Å²) >= 11 is 3.23. The number of hydrogen-bond acceptors (Lipinski definition) is 5. The molecule has 0 bridgehead atoms. The summed E-state index contributed by atoms with van der Waals surface area (Å²) < 4.78 is 0. The number of thioether (sulfide) groups is 1. The van der Waals surface area contributed by atoms with Crippen LogP contribution in [0.2, 0.25) is 0 Å². The minimum atomic E-state index is 0.0601. The fourth-order valence-electron chi connectivity index (χ4n) is 3.12. The Bertz CT molecular complexity index is 782. The number of nitrogens with zero attached hydrogens (tertiary/aromatic N) is 3. The van der Waals surface area contributed by atoms with Crippen molar-refractivity contribution in [3.63, 3.8) is 0 Å².